The van der Waals surface area contributed by atoms with Crippen LogP contribution in [0.5, 0.6) is 0 Å². The van der Waals surface area contributed by atoms with E-state index in [-0.39, 0.29) is 11.3 Å². The van der Waals surface area contributed by atoms with E-state index in [9.17, 15) is 14.7 Å². The van der Waals surface area contributed by atoms with Crippen molar-refractivity contribution in [3.05, 3.63) is 64.1 Å². The third-order valence-corrected chi connectivity index (χ3v) is 5.92. The number of furan rings is 1. The first-order valence-corrected chi connectivity index (χ1v) is 10.7. The average molecular weight is 445 g/mol. The Bertz CT molecular complexity index is 992. The first kappa shape index (κ1) is 21.6. The Labute approximate surface area is 185 Å². The molecule has 0 saturated carbocycles. The first-order chi connectivity index (χ1) is 15.0. The van der Waals surface area contributed by atoms with Crippen molar-refractivity contribution in [2.45, 2.75) is 19.4 Å². The number of rotatable bonds is 6. The number of aliphatic hydroxyl groups is 1. The second-order valence-electron chi connectivity index (χ2n) is 7.76. The second kappa shape index (κ2) is 9.26. The van der Waals surface area contributed by atoms with Crippen molar-refractivity contribution in [2.24, 2.45) is 0 Å². The van der Waals surface area contributed by atoms with Crippen LogP contribution in [0, 0.1) is 6.92 Å². The summed E-state index contributed by atoms with van der Waals surface area (Å²) in [5.41, 5.74) is 0.456. The highest BCUT2D eigenvalue weighted by Gasteiger charge is 2.47. The Hall–Kier alpha value is -2.61. The van der Waals surface area contributed by atoms with Gasteiger partial charge in [-0.15, -0.1) is 0 Å². The maximum atomic E-state index is 12.9. The van der Waals surface area contributed by atoms with Crippen LogP contribution in [0.4, 0.5) is 0 Å². The predicted octanol–water partition coefficient (Wildman–Crippen LogP) is 3.39. The minimum absolute atomic E-state index is 0.0352. The zero-order valence-electron chi connectivity index (χ0n) is 17.3. The highest BCUT2D eigenvalue weighted by Crippen LogP contribution is 2.40. The number of likely N-dealkylation sites (tertiary alicyclic amines) is 1. The summed E-state index contributed by atoms with van der Waals surface area (Å²) in [6.07, 6.45) is 0.699. The van der Waals surface area contributed by atoms with Crippen LogP contribution in [0.25, 0.3) is 5.76 Å². The zero-order chi connectivity index (χ0) is 22.0. The van der Waals surface area contributed by atoms with Gasteiger partial charge in [0.1, 0.15) is 23.3 Å². The van der Waals surface area contributed by atoms with Gasteiger partial charge in [0, 0.05) is 36.8 Å². The van der Waals surface area contributed by atoms with Crippen LogP contribution in [-0.2, 0) is 14.3 Å². The number of carbonyl (C=O) groups is 2. The summed E-state index contributed by atoms with van der Waals surface area (Å²) >= 11 is 5.95. The van der Waals surface area contributed by atoms with Gasteiger partial charge in [-0.1, -0.05) is 11.6 Å². The van der Waals surface area contributed by atoms with E-state index in [0.29, 0.717) is 48.3 Å². The number of amides is 1. The molecule has 0 radical (unpaired) electrons. The van der Waals surface area contributed by atoms with Crippen LogP contribution in [0.1, 0.15) is 29.5 Å². The molecule has 3 heterocycles. The highest BCUT2D eigenvalue weighted by molar-refractivity contribution is 6.46. The zero-order valence-corrected chi connectivity index (χ0v) is 18.1. The molecule has 1 aromatic heterocycles. The number of ether oxygens (including phenoxy) is 1. The summed E-state index contributed by atoms with van der Waals surface area (Å²) in [6.45, 7) is 6.10. The Kier molecular flexibility index (Phi) is 6.46. The molecule has 0 bridgehead atoms. The molecular formula is C23H25ClN2O5. The Morgan fingerprint density at radius 1 is 1.10 bits per heavy atom. The first-order valence-electron chi connectivity index (χ1n) is 10.4. The molecule has 0 spiro atoms. The van der Waals surface area contributed by atoms with Gasteiger partial charge >= 0.3 is 0 Å². The number of aryl methyl sites for hydroxylation is 1. The van der Waals surface area contributed by atoms with E-state index in [0.717, 1.165) is 19.6 Å². The van der Waals surface area contributed by atoms with Crippen molar-refractivity contribution in [3.63, 3.8) is 0 Å². The lowest BCUT2D eigenvalue weighted by atomic mass is 9.99. The van der Waals surface area contributed by atoms with Gasteiger partial charge in [-0.25, -0.2) is 0 Å². The van der Waals surface area contributed by atoms with Crippen LogP contribution < -0.4 is 0 Å². The molecule has 2 fully saturated rings. The number of aliphatic hydroxyl groups excluding tert-OH is 1. The van der Waals surface area contributed by atoms with Gasteiger partial charge in [0.05, 0.1) is 18.8 Å². The average Bonchev–Trinajstić information content (AvgIpc) is 3.30. The number of Topliss-reactive ketones (excluding diaryl/α,β-unsaturated/α-hetero) is 1. The van der Waals surface area contributed by atoms with E-state index in [2.05, 4.69) is 4.90 Å². The highest BCUT2D eigenvalue weighted by atomic mass is 35.5. The quantitative estimate of drug-likeness (QED) is 0.418. The summed E-state index contributed by atoms with van der Waals surface area (Å²) < 4.78 is 11.2. The van der Waals surface area contributed by atoms with E-state index in [1.165, 1.54) is 4.90 Å². The van der Waals surface area contributed by atoms with E-state index in [1.807, 2.05) is 0 Å². The third-order valence-electron chi connectivity index (χ3n) is 5.67. The number of benzene rings is 1. The van der Waals surface area contributed by atoms with E-state index in [1.54, 1.807) is 43.3 Å². The van der Waals surface area contributed by atoms with Gasteiger partial charge in [0.25, 0.3) is 11.7 Å². The summed E-state index contributed by atoms with van der Waals surface area (Å²) in [7, 11) is 0. The smallest absolute Gasteiger partial charge is 0.295 e. The number of carbonyl (C=O) groups excluding carboxylic acids is 2. The maximum Gasteiger partial charge on any atom is 0.295 e. The molecule has 1 aromatic carbocycles. The topological polar surface area (TPSA) is 83.2 Å². The molecule has 0 aliphatic carbocycles. The molecule has 2 saturated heterocycles. The summed E-state index contributed by atoms with van der Waals surface area (Å²) in [4.78, 5) is 29.6. The normalized spacial score (nSPS) is 21.7. The Morgan fingerprint density at radius 2 is 1.81 bits per heavy atom. The van der Waals surface area contributed by atoms with E-state index >= 15 is 0 Å². The third kappa shape index (κ3) is 4.54. The minimum atomic E-state index is -0.769. The van der Waals surface area contributed by atoms with Crippen LogP contribution in [-0.4, -0.2) is 66.0 Å². The van der Waals surface area contributed by atoms with Crippen LogP contribution >= 0.6 is 11.6 Å². The largest absolute Gasteiger partial charge is 0.507 e. The fourth-order valence-electron chi connectivity index (χ4n) is 4.06. The number of halogens is 1. The summed E-state index contributed by atoms with van der Waals surface area (Å²) in [6, 6.07) is 9.25. The molecule has 0 unspecified atom stereocenters. The predicted molar refractivity (Wildman–Crippen MR) is 116 cm³/mol. The number of hydrogen-bond donors (Lipinski definition) is 1. The molecule has 1 amide bonds. The molecule has 2 aliphatic rings. The Morgan fingerprint density at radius 3 is 2.45 bits per heavy atom. The van der Waals surface area contributed by atoms with Crippen molar-refractivity contribution >= 4 is 29.1 Å². The number of hydrogen-bond acceptors (Lipinski definition) is 6. The molecular weight excluding hydrogens is 420 g/mol. The molecule has 164 valence electrons. The maximum absolute atomic E-state index is 12.9. The van der Waals surface area contributed by atoms with Gasteiger partial charge in [-0.2, -0.15) is 0 Å². The SMILES string of the molecule is Cc1ccc([C@H]2C(=C(O)c3ccc(Cl)cc3)C(=O)C(=O)N2CCCN2CCOCC2)o1. The summed E-state index contributed by atoms with van der Waals surface area (Å²) in [5.74, 6) is -0.446. The van der Waals surface area contributed by atoms with Crippen LogP contribution in [0.3, 0.4) is 0 Å². The van der Waals surface area contributed by atoms with Crippen molar-refractivity contribution in [1.82, 2.24) is 9.80 Å². The monoisotopic (exact) mass is 444 g/mol. The van der Waals surface area contributed by atoms with Gasteiger partial charge in [0.15, 0.2) is 0 Å². The molecule has 31 heavy (non-hydrogen) atoms. The lowest BCUT2D eigenvalue weighted by molar-refractivity contribution is -0.140. The fraction of sp³-hybridized carbons (Fsp3) is 0.391. The number of morpholine rings is 1. The van der Waals surface area contributed by atoms with Crippen LogP contribution in [0.2, 0.25) is 5.02 Å². The number of ketones is 1. The van der Waals surface area contributed by atoms with Crippen molar-refractivity contribution in [3.8, 4) is 0 Å². The van der Waals surface area contributed by atoms with E-state index in [4.69, 9.17) is 20.8 Å². The fourth-order valence-corrected chi connectivity index (χ4v) is 4.19. The second-order valence-corrected chi connectivity index (χ2v) is 8.19. The number of nitrogens with zero attached hydrogens (tertiary/aromatic N) is 2. The lowest BCUT2D eigenvalue weighted by Crippen LogP contribution is -2.38. The standard InChI is InChI=1S/C23H25ClN2O5/c1-15-3-8-18(31-15)20-19(21(27)16-4-6-17(24)7-5-16)22(28)23(29)26(20)10-2-9-25-11-13-30-14-12-25/h3-8,20,27H,2,9-14H2,1H3/t20-/m0/s1. The lowest BCUT2D eigenvalue weighted by Gasteiger charge is -2.28. The molecule has 1 atom stereocenters. The summed E-state index contributed by atoms with van der Waals surface area (Å²) in [5, 5.41) is 11.5. The van der Waals surface area contributed by atoms with E-state index < -0.39 is 17.7 Å². The van der Waals surface area contributed by atoms with Crippen LogP contribution in [0.15, 0.2) is 46.4 Å². The molecule has 8 heteroatoms. The molecule has 4 rings (SSSR count). The van der Waals surface area contributed by atoms with Gasteiger partial charge in [0.2, 0.25) is 0 Å². The molecule has 2 aliphatic heterocycles. The minimum Gasteiger partial charge on any atom is -0.507 e. The van der Waals surface area contributed by atoms with Crippen molar-refractivity contribution in [2.75, 3.05) is 39.4 Å². The van der Waals surface area contributed by atoms with Crippen molar-refractivity contribution < 1.29 is 23.8 Å². The molecule has 1 N–H and O–H groups in total. The van der Waals surface area contributed by atoms with Gasteiger partial charge in [-0.05, 0) is 49.7 Å². The Balaban J connectivity index is 1.64. The molecule has 2 aromatic rings. The van der Waals surface area contributed by atoms with Crippen molar-refractivity contribution in [1.29, 1.82) is 0 Å². The van der Waals surface area contributed by atoms with Gasteiger partial charge in [-0.3, -0.25) is 14.5 Å². The van der Waals surface area contributed by atoms with Gasteiger partial charge < -0.3 is 19.2 Å². The molecule has 7 nitrogen and oxygen atoms in total.